The normalized spacial score (nSPS) is 21.7. The van der Waals surface area contributed by atoms with Crippen LogP contribution in [0.25, 0.3) is 0 Å². The van der Waals surface area contributed by atoms with Gasteiger partial charge in [0.25, 0.3) is 0 Å². The molecule has 4 nitrogen and oxygen atoms in total. The van der Waals surface area contributed by atoms with Gasteiger partial charge in [-0.3, -0.25) is 0 Å². The number of hydrogen-bond acceptors (Lipinski definition) is 4. The van der Waals surface area contributed by atoms with E-state index in [0.29, 0.717) is 19.3 Å². The van der Waals surface area contributed by atoms with Crippen LogP contribution in [-0.4, -0.2) is 38.9 Å². The summed E-state index contributed by atoms with van der Waals surface area (Å²) in [7, 11) is 0. The Kier molecular flexibility index (Phi) is 3.78. The van der Waals surface area contributed by atoms with Crippen molar-refractivity contribution in [3.05, 3.63) is 18.2 Å². The van der Waals surface area contributed by atoms with E-state index in [9.17, 15) is 0 Å². The Morgan fingerprint density at radius 1 is 1.26 bits per heavy atom. The van der Waals surface area contributed by atoms with Crippen LogP contribution in [0.3, 0.4) is 0 Å². The molecule has 4 heteroatoms. The van der Waals surface area contributed by atoms with Gasteiger partial charge in [0, 0.05) is 30.9 Å². The van der Waals surface area contributed by atoms with Gasteiger partial charge in [-0.2, -0.15) is 0 Å². The first-order valence-corrected chi connectivity index (χ1v) is 7.25. The largest absolute Gasteiger partial charge is 0.486 e. The third-order valence-electron chi connectivity index (χ3n) is 3.76. The summed E-state index contributed by atoms with van der Waals surface area (Å²) in [5.41, 5.74) is 1.24. The van der Waals surface area contributed by atoms with E-state index in [2.05, 4.69) is 29.3 Å². The molecule has 0 aromatic heterocycles. The van der Waals surface area contributed by atoms with Crippen LogP contribution in [0.1, 0.15) is 19.8 Å². The van der Waals surface area contributed by atoms with Crippen LogP contribution in [0.4, 0.5) is 5.69 Å². The molecule has 0 aliphatic carbocycles. The molecule has 3 rings (SSSR count). The zero-order chi connectivity index (χ0) is 13.1. The summed E-state index contributed by atoms with van der Waals surface area (Å²) < 4.78 is 11.2. The Bertz CT molecular complexity index is 436. The first-order valence-electron chi connectivity index (χ1n) is 7.25. The molecule has 0 radical (unpaired) electrons. The van der Waals surface area contributed by atoms with E-state index < -0.39 is 0 Å². The molecule has 1 unspecified atom stereocenters. The molecule has 1 aromatic carbocycles. The van der Waals surface area contributed by atoms with Crippen molar-refractivity contribution in [1.29, 1.82) is 0 Å². The predicted octanol–water partition coefficient (Wildman–Crippen LogP) is 2.04. The molecule has 1 N–H and O–H groups in total. The van der Waals surface area contributed by atoms with E-state index in [1.165, 1.54) is 18.5 Å². The van der Waals surface area contributed by atoms with Crippen molar-refractivity contribution in [3.63, 3.8) is 0 Å². The molecule has 0 amide bonds. The zero-order valence-electron chi connectivity index (χ0n) is 11.5. The fourth-order valence-corrected chi connectivity index (χ4v) is 2.74. The van der Waals surface area contributed by atoms with Crippen LogP contribution in [-0.2, 0) is 0 Å². The quantitative estimate of drug-likeness (QED) is 0.900. The first kappa shape index (κ1) is 12.6. The molecule has 2 aliphatic heterocycles. The summed E-state index contributed by atoms with van der Waals surface area (Å²) in [6.07, 6.45) is 2.41. The number of rotatable bonds is 4. The summed E-state index contributed by atoms with van der Waals surface area (Å²) in [5, 5.41) is 3.60. The van der Waals surface area contributed by atoms with Crippen molar-refractivity contribution in [2.24, 2.45) is 0 Å². The number of nitrogens with one attached hydrogen (secondary N) is 1. The SMILES string of the molecule is CCCNC1CCN(c2ccc3c(c2)OCCO3)C1. The van der Waals surface area contributed by atoms with Crippen molar-refractivity contribution in [2.75, 3.05) is 37.7 Å². The number of fused-ring (bicyclic) bond motifs is 1. The molecule has 2 aliphatic rings. The van der Waals surface area contributed by atoms with Crippen molar-refractivity contribution < 1.29 is 9.47 Å². The Hall–Kier alpha value is -1.42. The lowest BCUT2D eigenvalue weighted by molar-refractivity contribution is 0.171. The van der Waals surface area contributed by atoms with Crippen molar-refractivity contribution in [2.45, 2.75) is 25.8 Å². The number of benzene rings is 1. The summed E-state index contributed by atoms with van der Waals surface area (Å²) in [6.45, 7) is 6.82. The molecule has 1 saturated heterocycles. The van der Waals surface area contributed by atoms with Crippen LogP contribution >= 0.6 is 0 Å². The maximum Gasteiger partial charge on any atom is 0.163 e. The topological polar surface area (TPSA) is 33.7 Å². The van der Waals surface area contributed by atoms with Gasteiger partial charge in [0.05, 0.1) is 0 Å². The Morgan fingerprint density at radius 3 is 2.95 bits per heavy atom. The van der Waals surface area contributed by atoms with E-state index in [1.807, 2.05) is 6.07 Å². The lowest BCUT2D eigenvalue weighted by atomic mass is 10.2. The summed E-state index contributed by atoms with van der Waals surface area (Å²) in [4.78, 5) is 2.42. The Labute approximate surface area is 114 Å². The molecule has 0 bridgehead atoms. The number of hydrogen-bond donors (Lipinski definition) is 1. The van der Waals surface area contributed by atoms with Gasteiger partial charge in [0.2, 0.25) is 0 Å². The average molecular weight is 262 g/mol. The van der Waals surface area contributed by atoms with Crippen molar-refractivity contribution in [3.8, 4) is 11.5 Å². The van der Waals surface area contributed by atoms with Gasteiger partial charge in [-0.15, -0.1) is 0 Å². The summed E-state index contributed by atoms with van der Waals surface area (Å²) in [6, 6.07) is 6.89. The van der Waals surface area contributed by atoms with Crippen LogP contribution in [0.2, 0.25) is 0 Å². The second-order valence-electron chi connectivity index (χ2n) is 5.21. The van der Waals surface area contributed by atoms with E-state index in [-0.39, 0.29) is 0 Å². The number of ether oxygens (including phenoxy) is 2. The average Bonchev–Trinajstić information content (AvgIpc) is 2.93. The van der Waals surface area contributed by atoms with E-state index in [0.717, 1.165) is 31.1 Å². The van der Waals surface area contributed by atoms with Gasteiger partial charge in [-0.05, 0) is 31.5 Å². The summed E-state index contributed by atoms with van der Waals surface area (Å²) in [5.74, 6) is 1.75. The smallest absolute Gasteiger partial charge is 0.163 e. The maximum atomic E-state index is 5.65. The van der Waals surface area contributed by atoms with Gasteiger partial charge in [-0.25, -0.2) is 0 Å². The number of anilines is 1. The second kappa shape index (κ2) is 5.70. The maximum absolute atomic E-state index is 5.65. The van der Waals surface area contributed by atoms with Crippen LogP contribution in [0.5, 0.6) is 11.5 Å². The van der Waals surface area contributed by atoms with Gasteiger partial charge < -0.3 is 19.7 Å². The monoisotopic (exact) mass is 262 g/mol. The van der Waals surface area contributed by atoms with Crippen LogP contribution in [0.15, 0.2) is 18.2 Å². The van der Waals surface area contributed by atoms with Crippen LogP contribution in [0, 0.1) is 0 Å². The highest BCUT2D eigenvalue weighted by Crippen LogP contribution is 2.34. The summed E-state index contributed by atoms with van der Waals surface area (Å²) >= 11 is 0. The highest BCUT2D eigenvalue weighted by molar-refractivity contribution is 5.57. The van der Waals surface area contributed by atoms with Gasteiger partial charge in [-0.1, -0.05) is 6.92 Å². The molecule has 104 valence electrons. The van der Waals surface area contributed by atoms with Crippen LogP contribution < -0.4 is 19.7 Å². The molecule has 2 heterocycles. The van der Waals surface area contributed by atoms with E-state index in [4.69, 9.17) is 9.47 Å². The number of nitrogens with zero attached hydrogens (tertiary/aromatic N) is 1. The predicted molar refractivity (Wildman–Crippen MR) is 76.3 cm³/mol. The standard InChI is InChI=1S/C15H22N2O2/c1-2-6-16-12-5-7-17(11-12)13-3-4-14-15(10-13)19-9-8-18-14/h3-4,10,12,16H,2,5-9,11H2,1H3. The second-order valence-corrected chi connectivity index (χ2v) is 5.21. The highest BCUT2D eigenvalue weighted by Gasteiger charge is 2.23. The highest BCUT2D eigenvalue weighted by atomic mass is 16.6. The van der Waals surface area contributed by atoms with Gasteiger partial charge in [0.1, 0.15) is 13.2 Å². The van der Waals surface area contributed by atoms with Gasteiger partial charge >= 0.3 is 0 Å². The Morgan fingerprint density at radius 2 is 2.11 bits per heavy atom. The molecule has 1 fully saturated rings. The van der Waals surface area contributed by atoms with E-state index >= 15 is 0 Å². The lowest BCUT2D eigenvalue weighted by Gasteiger charge is -2.23. The molecular formula is C15H22N2O2. The fourth-order valence-electron chi connectivity index (χ4n) is 2.74. The molecule has 0 saturated carbocycles. The molecular weight excluding hydrogens is 240 g/mol. The van der Waals surface area contributed by atoms with Crippen molar-refractivity contribution >= 4 is 5.69 Å². The Balaban J connectivity index is 1.66. The molecule has 1 aromatic rings. The molecule has 0 spiro atoms. The fraction of sp³-hybridized carbons (Fsp3) is 0.600. The third kappa shape index (κ3) is 2.78. The molecule has 1 atom stereocenters. The molecule has 19 heavy (non-hydrogen) atoms. The lowest BCUT2D eigenvalue weighted by Crippen LogP contribution is -2.32. The van der Waals surface area contributed by atoms with Crippen molar-refractivity contribution in [1.82, 2.24) is 5.32 Å². The van der Waals surface area contributed by atoms with Gasteiger partial charge in [0.15, 0.2) is 11.5 Å². The first-order chi connectivity index (χ1) is 9.36. The minimum atomic E-state index is 0.619. The van der Waals surface area contributed by atoms with E-state index in [1.54, 1.807) is 0 Å². The minimum Gasteiger partial charge on any atom is -0.486 e. The zero-order valence-corrected chi connectivity index (χ0v) is 11.5. The minimum absolute atomic E-state index is 0.619. The third-order valence-corrected chi connectivity index (χ3v) is 3.76.